The molecule has 2 N–H and O–H groups in total. The Morgan fingerprint density at radius 1 is 1.53 bits per heavy atom. The minimum Gasteiger partial charge on any atom is -0.471 e. The molecule has 2 aromatic heterocycles. The number of methoxy groups -OCH3 is 1. The molecule has 0 fully saturated rings. The van der Waals surface area contributed by atoms with Crippen LogP contribution in [0.5, 0.6) is 5.88 Å². The zero-order valence-electron chi connectivity index (χ0n) is 10.6. The van der Waals surface area contributed by atoms with Crippen molar-refractivity contribution in [3.05, 3.63) is 23.6 Å². The lowest BCUT2D eigenvalue weighted by Crippen LogP contribution is -2.18. The Labute approximate surface area is 115 Å². The molecule has 0 aliphatic carbocycles. The third kappa shape index (κ3) is 4.08. The summed E-state index contributed by atoms with van der Waals surface area (Å²) in [5.74, 6) is 1.70. The number of H-pyrrole nitrogens is 1. The summed E-state index contributed by atoms with van der Waals surface area (Å²) in [7, 11) is 1.62. The monoisotopic (exact) mass is 283 g/mol. The van der Waals surface area contributed by atoms with Gasteiger partial charge in [0.15, 0.2) is 0 Å². The van der Waals surface area contributed by atoms with Gasteiger partial charge in [0.25, 0.3) is 0 Å². The van der Waals surface area contributed by atoms with Crippen molar-refractivity contribution < 1.29 is 9.47 Å². The molecule has 8 heteroatoms. The molecule has 2 heterocycles. The highest BCUT2D eigenvalue weighted by atomic mass is 35.5. The Morgan fingerprint density at radius 2 is 2.37 bits per heavy atom. The van der Waals surface area contributed by atoms with Gasteiger partial charge in [0.2, 0.25) is 11.2 Å². The van der Waals surface area contributed by atoms with Gasteiger partial charge in [0.05, 0.1) is 6.61 Å². The number of hydrogen-bond acceptors (Lipinski definition) is 6. The van der Waals surface area contributed by atoms with Gasteiger partial charge in [-0.1, -0.05) is 0 Å². The highest BCUT2D eigenvalue weighted by molar-refractivity contribution is 6.28. The molecule has 0 bridgehead atoms. The predicted molar refractivity (Wildman–Crippen MR) is 70.9 cm³/mol. The second kappa shape index (κ2) is 6.35. The molecule has 0 aromatic carbocycles. The molecule has 0 amide bonds. The van der Waals surface area contributed by atoms with Crippen LogP contribution in [0.3, 0.4) is 0 Å². The van der Waals surface area contributed by atoms with E-state index in [1.54, 1.807) is 25.4 Å². The van der Waals surface area contributed by atoms with Crippen LogP contribution in [-0.2, 0) is 4.74 Å². The van der Waals surface area contributed by atoms with Gasteiger partial charge in [-0.2, -0.15) is 0 Å². The predicted octanol–water partition coefficient (Wildman–Crippen LogP) is 2.01. The molecule has 1 unspecified atom stereocenters. The van der Waals surface area contributed by atoms with Crippen molar-refractivity contribution in [3.63, 3.8) is 0 Å². The van der Waals surface area contributed by atoms with E-state index in [-0.39, 0.29) is 11.4 Å². The largest absolute Gasteiger partial charge is 0.471 e. The lowest BCUT2D eigenvalue weighted by molar-refractivity contribution is 0.0889. The van der Waals surface area contributed by atoms with Crippen LogP contribution in [0.15, 0.2) is 18.3 Å². The average Bonchev–Trinajstić information content (AvgIpc) is 2.76. The molecule has 0 aliphatic heterocycles. The summed E-state index contributed by atoms with van der Waals surface area (Å²) in [6.45, 7) is 2.40. The Morgan fingerprint density at radius 3 is 3.11 bits per heavy atom. The fourth-order valence-corrected chi connectivity index (χ4v) is 1.59. The number of aromatic nitrogens is 4. The van der Waals surface area contributed by atoms with E-state index in [0.717, 1.165) is 0 Å². The van der Waals surface area contributed by atoms with Crippen molar-refractivity contribution in [2.75, 3.05) is 19.0 Å². The van der Waals surface area contributed by atoms with Crippen molar-refractivity contribution in [1.29, 1.82) is 0 Å². The van der Waals surface area contributed by atoms with E-state index < -0.39 is 0 Å². The van der Waals surface area contributed by atoms with Gasteiger partial charge in [0, 0.05) is 19.4 Å². The second-order valence-corrected chi connectivity index (χ2v) is 4.18. The van der Waals surface area contributed by atoms with Crippen LogP contribution in [0.1, 0.15) is 6.92 Å². The molecule has 2 rings (SSSR count). The van der Waals surface area contributed by atoms with E-state index in [4.69, 9.17) is 21.1 Å². The minimum absolute atomic E-state index is 0.0744. The number of nitrogens with zero attached hydrogens (tertiary/aromatic N) is 3. The molecule has 1 atom stereocenters. The number of hydrogen-bond donors (Lipinski definition) is 2. The van der Waals surface area contributed by atoms with Gasteiger partial charge in [-0.15, -0.1) is 5.10 Å². The maximum atomic E-state index is 5.69. The fraction of sp³-hybridized carbons (Fsp3) is 0.364. The van der Waals surface area contributed by atoms with Crippen molar-refractivity contribution >= 4 is 23.2 Å². The van der Waals surface area contributed by atoms with Crippen LogP contribution >= 0.6 is 11.6 Å². The van der Waals surface area contributed by atoms with Crippen molar-refractivity contribution in [2.45, 2.75) is 13.0 Å². The molecule has 0 saturated heterocycles. The molecule has 0 spiro atoms. The molecule has 2 aromatic rings. The number of ether oxygens (including phenoxy) is 2. The second-order valence-electron chi connectivity index (χ2n) is 3.84. The zero-order valence-corrected chi connectivity index (χ0v) is 11.3. The van der Waals surface area contributed by atoms with Crippen LogP contribution in [0, 0.1) is 0 Å². The maximum absolute atomic E-state index is 5.69. The van der Waals surface area contributed by atoms with Crippen LogP contribution in [0.25, 0.3) is 0 Å². The summed E-state index contributed by atoms with van der Waals surface area (Å²) < 4.78 is 10.5. The SMILES string of the molecule is COCC(C)Oc1cc(Nc2ccnc(Cl)n2)[nH]n1. The summed E-state index contributed by atoms with van der Waals surface area (Å²) in [5.41, 5.74) is 0. The molecule has 0 aliphatic rings. The van der Waals surface area contributed by atoms with Gasteiger partial charge < -0.3 is 14.8 Å². The minimum atomic E-state index is -0.0744. The first-order valence-corrected chi connectivity index (χ1v) is 6.01. The van der Waals surface area contributed by atoms with Gasteiger partial charge in [-0.25, -0.2) is 9.97 Å². The summed E-state index contributed by atoms with van der Waals surface area (Å²) in [6.07, 6.45) is 1.49. The smallest absolute Gasteiger partial charge is 0.235 e. The molecular weight excluding hydrogens is 270 g/mol. The molecule has 0 radical (unpaired) electrons. The summed E-state index contributed by atoms with van der Waals surface area (Å²) in [6, 6.07) is 3.42. The third-order valence-electron chi connectivity index (χ3n) is 2.17. The first-order chi connectivity index (χ1) is 9.17. The van der Waals surface area contributed by atoms with E-state index in [2.05, 4.69) is 25.5 Å². The molecular formula is C11H14ClN5O2. The van der Waals surface area contributed by atoms with Crippen LogP contribution in [0.4, 0.5) is 11.6 Å². The zero-order chi connectivity index (χ0) is 13.7. The van der Waals surface area contributed by atoms with E-state index >= 15 is 0 Å². The molecule has 19 heavy (non-hydrogen) atoms. The van der Waals surface area contributed by atoms with Crippen molar-refractivity contribution in [2.24, 2.45) is 0 Å². The van der Waals surface area contributed by atoms with Crippen LogP contribution in [0.2, 0.25) is 5.28 Å². The topological polar surface area (TPSA) is 85.0 Å². The van der Waals surface area contributed by atoms with Crippen molar-refractivity contribution in [1.82, 2.24) is 20.2 Å². The normalized spacial score (nSPS) is 12.2. The highest BCUT2D eigenvalue weighted by Crippen LogP contribution is 2.18. The summed E-state index contributed by atoms with van der Waals surface area (Å²) in [4.78, 5) is 7.80. The van der Waals surface area contributed by atoms with Crippen LogP contribution < -0.4 is 10.1 Å². The standard InChI is InChI=1S/C11H14ClN5O2/c1-7(6-18-2)19-10-5-9(16-17-10)14-8-3-4-13-11(12)15-8/h3-5,7H,6H2,1-2H3,(H2,13,14,15,16,17). The first-order valence-electron chi connectivity index (χ1n) is 5.64. The van der Waals surface area contributed by atoms with E-state index in [1.165, 1.54) is 0 Å². The fourth-order valence-electron chi connectivity index (χ4n) is 1.45. The Kier molecular flexibility index (Phi) is 4.53. The van der Waals surface area contributed by atoms with Crippen molar-refractivity contribution in [3.8, 4) is 5.88 Å². The Bertz CT molecular complexity index is 533. The third-order valence-corrected chi connectivity index (χ3v) is 2.35. The van der Waals surface area contributed by atoms with Crippen LogP contribution in [-0.4, -0.2) is 40.0 Å². The summed E-state index contributed by atoms with van der Waals surface area (Å²) in [5, 5.41) is 9.99. The Hall–Kier alpha value is -1.86. The first kappa shape index (κ1) is 13.6. The number of halogens is 1. The summed E-state index contributed by atoms with van der Waals surface area (Å²) >= 11 is 5.69. The van der Waals surface area contributed by atoms with E-state index in [0.29, 0.717) is 24.1 Å². The number of aromatic amines is 1. The lowest BCUT2D eigenvalue weighted by atomic mass is 10.4. The maximum Gasteiger partial charge on any atom is 0.235 e. The van der Waals surface area contributed by atoms with Gasteiger partial charge >= 0.3 is 0 Å². The molecule has 102 valence electrons. The average molecular weight is 284 g/mol. The molecule has 7 nitrogen and oxygen atoms in total. The highest BCUT2D eigenvalue weighted by Gasteiger charge is 2.07. The number of nitrogens with one attached hydrogen (secondary N) is 2. The van der Waals surface area contributed by atoms with Gasteiger partial charge in [-0.3, -0.25) is 5.10 Å². The van der Waals surface area contributed by atoms with E-state index in [1.807, 2.05) is 6.92 Å². The lowest BCUT2D eigenvalue weighted by Gasteiger charge is -2.10. The molecule has 0 saturated carbocycles. The quantitative estimate of drug-likeness (QED) is 0.789. The Balaban J connectivity index is 1.97. The van der Waals surface area contributed by atoms with Gasteiger partial charge in [-0.05, 0) is 24.6 Å². The van der Waals surface area contributed by atoms with E-state index in [9.17, 15) is 0 Å². The number of rotatable bonds is 6. The van der Waals surface area contributed by atoms with Gasteiger partial charge in [0.1, 0.15) is 17.7 Å². The number of anilines is 2.